The number of nitrogens with one attached hydrogen (secondary N) is 2. The fourth-order valence-electron chi connectivity index (χ4n) is 2.28. The van der Waals surface area contributed by atoms with Gasteiger partial charge in [-0.2, -0.15) is 3.89 Å². The van der Waals surface area contributed by atoms with Crippen molar-refractivity contribution < 1.29 is 42.3 Å². The van der Waals surface area contributed by atoms with Crippen molar-refractivity contribution in [2.75, 3.05) is 19.8 Å². The minimum Gasteiger partial charge on any atom is -0.498 e. The number of benzene rings is 1. The summed E-state index contributed by atoms with van der Waals surface area (Å²) in [5.41, 5.74) is 0.459. The molecule has 0 aliphatic carbocycles. The van der Waals surface area contributed by atoms with Gasteiger partial charge in [0.25, 0.3) is 5.91 Å². The van der Waals surface area contributed by atoms with Crippen LogP contribution in [0.25, 0.3) is 0 Å². The molecule has 0 radical (unpaired) electrons. The maximum Gasteiger partial charge on any atom is 0.395 e. The summed E-state index contributed by atoms with van der Waals surface area (Å²) in [4.78, 5) is 21.9. The van der Waals surface area contributed by atoms with Crippen molar-refractivity contribution in [2.45, 2.75) is 22.5 Å². The maximum atomic E-state index is 12.4. The second kappa shape index (κ2) is 13.8. The first kappa shape index (κ1) is 28.4. The number of carbonyl (C=O) groups is 1. The first-order valence-electron chi connectivity index (χ1n) is 8.99. The van der Waals surface area contributed by atoms with E-state index in [9.17, 15) is 32.9 Å². The van der Waals surface area contributed by atoms with Gasteiger partial charge in [0.2, 0.25) is 0 Å². The Kier molecular flexibility index (Phi) is 12.2. The van der Waals surface area contributed by atoms with Gasteiger partial charge in [0.05, 0.1) is 18.4 Å². The van der Waals surface area contributed by atoms with Gasteiger partial charge in [0, 0.05) is 29.6 Å². The van der Waals surface area contributed by atoms with Crippen LogP contribution in [0.3, 0.4) is 0 Å². The van der Waals surface area contributed by atoms with Crippen LogP contribution in [0.4, 0.5) is 8.41 Å². The van der Waals surface area contributed by atoms with E-state index in [1.54, 1.807) is 0 Å². The van der Waals surface area contributed by atoms with E-state index < -0.39 is 39.7 Å². The Morgan fingerprint density at radius 1 is 1.44 bits per heavy atom. The van der Waals surface area contributed by atoms with Gasteiger partial charge in [0.15, 0.2) is 5.08 Å². The summed E-state index contributed by atoms with van der Waals surface area (Å²) in [6, 6.07) is 5.77. The predicted octanol–water partition coefficient (Wildman–Crippen LogP) is 3.29. The first-order chi connectivity index (χ1) is 15.1. The zero-order chi connectivity index (χ0) is 24.2. The number of hydrogen-bond acceptors (Lipinski definition) is 8. The molecule has 178 valence electrons. The number of aliphatic hydroxyl groups excluding tert-OH is 1. The van der Waals surface area contributed by atoms with Gasteiger partial charge < -0.3 is 30.6 Å². The molecule has 14 heteroatoms. The van der Waals surface area contributed by atoms with E-state index in [0.717, 1.165) is 12.5 Å². The standard InChI is InChI=1S/C18H24F2N2O7P2S/c1-30-18(25,31(26,27)29-19)10-13(6-8-21)7-9-28-12-15(23)11-22-17(24)14-2-4-16(32-20)5-3-14/h2-9,15,21,23,25,30H,10-12H2,1H3,(H,22,24)(H,26,27)/b9-7-,13-6+,21-8?. The van der Waals surface area contributed by atoms with Crippen LogP contribution in [0.15, 0.2) is 53.1 Å². The molecule has 0 saturated carbocycles. The summed E-state index contributed by atoms with van der Waals surface area (Å²) in [5.74, 6) is -0.464. The molecule has 1 amide bonds. The Morgan fingerprint density at radius 3 is 2.62 bits per heavy atom. The third-order valence-corrected chi connectivity index (χ3v) is 8.31. The highest BCUT2D eigenvalue weighted by Crippen LogP contribution is 2.63. The normalized spacial score (nSPS) is 17.1. The van der Waals surface area contributed by atoms with Crippen LogP contribution in [-0.2, 0) is 14.0 Å². The van der Waals surface area contributed by atoms with Crippen LogP contribution in [0, 0.1) is 5.41 Å². The Hall–Kier alpha value is -1.65. The number of amides is 1. The summed E-state index contributed by atoms with van der Waals surface area (Å²) in [6.07, 6.45) is 2.88. The summed E-state index contributed by atoms with van der Waals surface area (Å²) in [7, 11) is -5.54. The Labute approximate surface area is 189 Å². The lowest BCUT2D eigenvalue weighted by atomic mass is 10.2. The first-order valence-corrected chi connectivity index (χ1v) is 12.8. The van der Waals surface area contributed by atoms with Gasteiger partial charge >= 0.3 is 7.60 Å². The third-order valence-electron chi connectivity index (χ3n) is 4.08. The highest BCUT2D eigenvalue weighted by Gasteiger charge is 2.47. The lowest BCUT2D eigenvalue weighted by Gasteiger charge is -2.28. The van der Waals surface area contributed by atoms with Gasteiger partial charge in [-0.3, -0.25) is 9.36 Å². The van der Waals surface area contributed by atoms with Crippen molar-refractivity contribution in [2.24, 2.45) is 0 Å². The highest BCUT2D eigenvalue weighted by atomic mass is 32.2. The number of aliphatic hydroxyl groups is 2. The molecule has 0 bridgehead atoms. The van der Waals surface area contributed by atoms with Gasteiger partial charge in [0.1, 0.15) is 12.7 Å². The van der Waals surface area contributed by atoms with E-state index >= 15 is 0 Å². The Bertz CT molecular complexity index is 873. The van der Waals surface area contributed by atoms with E-state index in [1.165, 1.54) is 43.1 Å². The molecule has 1 aromatic rings. The molecule has 32 heavy (non-hydrogen) atoms. The molecule has 0 aliphatic rings. The van der Waals surface area contributed by atoms with E-state index in [1.807, 2.05) is 0 Å². The number of allylic oxidation sites excluding steroid dienone is 2. The van der Waals surface area contributed by atoms with Crippen LogP contribution in [0.1, 0.15) is 16.8 Å². The number of hydrogen-bond donors (Lipinski definition) is 5. The SMILES string of the molecule is CPC(O)(CC(/C=C\OCC(O)CNC(=O)c1ccc(SF)cc1)=C/C=N)P(=O)(O)OF. The molecular weight excluding hydrogens is 488 g/mol. The van der Waals surface area contributed by atoms with E-state index in [-0.39, 0.29) is 30.9 Å². The van der Waals surface area contributed by atoms with Gasteiger partial charge in [-0.25, -0.2) is 0 Å². The summed E-state index contributed by atoms with van der Waals surface area (Å²) in [5, 5.41) is 27.4. The number of halogens is 2. The molecule has 0 fully saturated rings. The molecule has 4 atom stereocenters. The van der Waals surface area contributed by atoms with E-state index in [2.05, 4.69) is 10.0 Å². The average molecular weight is 512 g/mol. The third kappa shape index (κ3) is 8.71. The largest absolute Gasteiger partial charge is 0.498 e. The number of carbonyl (C=O) groups excluding carboxylic acids is 1. The molecule has 0 saturated heterocycles. The topological polar surface area (TPSA) is 149 Å². The number of rotatable bonds is 14. The fraction of sp³-hybridized carbons (Fsp3) is 0.333. The smallest absolute Gasteiger partial charge is 0.395 e. The molecular formula is C18H24F2N2O7P2S. The van der Waals surface area contributed by atoms with Crippen LogP contribution < -0.4 is 5.32 Å². The van der Waals surface area contributed by atoms with Crippen molar-refractivity contribution in [3.05, 3.63) is 53.8 Å². The molecule has 1 rings (SSSR count). The van der Waals surface area contributed by atoms with Crippen molar-refractivity contribution in [1.82, 2.24) is 5.32 Å². The van der Waals surface area contributed by atoms with Crippen LogP contribution >= 0.6 is 28.3 Å². The van der Waals surface area contributed by atoms with Crippen molar-refractivity contribution >= 4 is 40.4 Å². The average Bonchev–Trinajstić information content (AvgIpc) is 2.80. The summed E-state index contributed by atoms with van der Waals surface area (Å²) in [6.45, 7) is 1.04. The van der Waals surface area contributed by atoms with Crippen LogP contribution in [-0.4, -0.2) is 58.2 Å². The lowest BCUT2D eigenvalue weighted by Crippen LogP contribution is -2.34. The van der Waals surface area contributed by atoms with E-state index in [4.69, 9.17) is 10.1 Å². The maximum absolute atomic E-state index is 12.4. The molecule has 1 aromatic carbocycles. The molecule has 0 heterocycles. The highest BCUT2D eigenvalue weighted by molar-refractivity contribution is 7.94. The Morgan fingerprint density at radius 2 is 2.09 bits per heavy atom. The predicted molar refractivity (Wildman–Crippen MR) is 120 cm³/mol. The molecule has 0 aliphatic heterocycles. The monoisotopic (exact) mass is 512 g/mol. The van der Waals surface area contributed by atoms with Crippen molar-refractivity contribution in [3.8, 4) is 0 Å². The van der Waals surface area contributed by atoms with Gasteiger partial charge in [-0.05, 0) is 53.2 Å². The molecule has 9 nitrogen and oxygen atoms in total. The van der Waals surface area contributed by atoms with E-state index in [0.29, 0.717) is 10.5 Å². The lowest BCUT2D eigenvalue weighted by molar-refractivity contribution is -0.0342. The zero-order valence-electron chi connectivity index (χ0n) is 16.9. The summed E-state index contributed by atoms with van der Waals surface area (Å²) < 4.78 is 44.8. The second-order valence-corrected chi connectivity index (χ2v) is 10.6. The minimum atomic E-state index is -4.97. The molecule has 5 N–H and O–H groups in total. The van der Waals surface area contributed by atoms with Crippen LogP contribution in [0.2, 0.25) is 0 Å². The Balaban J connectivity index is 2.57. The molecule has 4 unspecified atom stereocenters. The summed E-state index contributed by atoms with van der Waals surface area (Å²) >= 11 is 0.0562. The van der Waals surface area contributed by atoms with Gasteiger partial charge in [-0.1, -0.05) is 8.58 Å². The van der Waals surface area contributed by atoms with Crippen molar-refractivity contribution in [3.63, 3.8) is 0 Å². The van der Waals surface area contributed by atoms with Gasteiger partial charge in [-0.15, -0.1) is 4.73 Å². The molecule has 0 aromatic heterocycles. The van der Waals surface area contributed by atoms with Crippen molar-refractivity contribution in [1.29, 1.82) is 5.41 Å². The second-order valence-electron chi connectivity index (χ2n) is 6.34. The molecule has 0 spiro atoms. The zero-order valence-corrected chi connectivity index (χ0v) is 19.6. The fourth-order valence-corrected chi connectivity index (χ4v) is 4.63. The number of ether oxygens (including phenoxy) is 1. The van der Waals surface area contributed by atoms with Crippen LogP contribution in [0.5, 0.6) is 0 Å². The minimum absolute atomic E-state index is 0.0562. The quantitative estimate of drug-likeness (QED) is 0.110.